The Hall–Kier alpha value is -3.42. The Morgan fingerprint density at radius 1 is 0.953 bits per heavy atom. The number of hydrogen-bond donors (Lipinski definition) is 0. The zero-order valence-corrected chi connectivity index (χ0v) is 28.0. The maximum Gasteiger partial charge on any atom is 0.266 e. The molecule has 1 saturated heterocycles. The van der Waals surface area contributed by atoms with Crippen molar-refractivity contribution in [1.29, 1.82) is 0 Å². The predicted octanol–water partition coefficient (Wildman–Crippen LogP) is 3.90. The van der Waals surface area contributed by atoms with Gasteiger partial charge < -0.3 is 26.8 Å². The van der Waals surface area contributed by atoms with Gasteiger partial charge in [0.05, 0.1) is 0 Å². The highest BCUT2D eigenvalue weighted by Gasteiger charge is 2.55. The van der Waals surface area contributed by atoms with E-state index in [4.69, 9.17) is 0 Å². The molecule has 2 aliphatic rings. The van der Waals surface area contributed by atoms with Crippen molar-refractivity contribution in [2.75, 3.05) is 11.4 Å². The molecule has 5 nitrogen and oxygen atoms in total. The van der Waals surface area contributed by atoms with Gasteiger partial charge in [0.15, 0.2) is 17.6 Å². The predicted molar refractivity (Wildman–Crippen MR) is 171 cm³/mol. The fraction of sp³-hybridized carbons (Fsp3) is 0.278. The van der Waals surface area contributed by atoms with Crippen LogP contribution in [0.1, 0.15) is 41.2 Å². The van der Waals surface area contributed by atoms with Gasteiger partial charge in [-0.05, 0) is 66.8 Å². The third-order valence-electron chi connectivity index (χ3n) is 9.47. The average Bonchev–Trinajstić information content (AvgIpc) is 3.58. The normalized spacial score (nSPS) is 18.9. The van der Waals surface area contributed by atoms with Crippen LogP contribution in [0.15, 0.2) is 102 Å². The second-order valence-electron chi connectivity index (χ2n) is 12.1. The van der Waals surface area contributed by atoms with Gasteiger partial charge in [-0.3, -0.25) is 4.79 Å². The molecular formula is C36H36Br2N4O. The van der Waals surface area contributed by atoms with E-state index in [2.05, 4.69) is 147 Å². The molecule has 2 unspecified atom stereocenters. The molecule has 0 spiro atoms. The molecule has 3 heterocycles. The number of anilines is 1. The van der Waals surface area contributed by atoms with Gasteiger partial charge in [0.2, 0.25) is 6.33 Å². The van der Waals surface area contributed by atoms with E-state index in [-0.39, 0.29) is 34.5 Å². The zero-order chi connectivity index (χ0) is 29.0. The molecule has 7 heteroatoms. The first kappa shape index (κ1) is 29.6. The number of amides is 1. The Bertz CT molecular complexity index is 1820. The van der Waals surface area contributed by atoms with Crippen LogP contribution in [-0.2, 0) is 29.8 Å². The number of carbonyl (C=O) groups is 1. The summed E-state index contributed by atoms with van der Waals surface area (Å²) in [7, 11) is 0. The van der Waals surface area contributed by atoms with Crippen LogP contribution in [0.25, 0.3) is 11.0 Å². The number of carbonyl (C=O) groups excluding carboxylic acids is 1. The summed E-state index contributed by atoms with van der Waals surface area (Å²) in [5.41, 5.74) is 9.68. The first-order chi connectivity index (χ1) is 20.3. The lowest BCUT2D eigenvalue weighted by Gasteiger charge is -2.36. The maximum absolute atomic E-state index is 14.3. The lowest BCUT2D eigenvalue weighted by Crippen LogP contribution is -3.00. The highest BCUT2D eigenvalue weighted by atomic mass is 79.9. The molecule has 5 aromatic rings. The Morgan fingerprint density at radius 3 is 2.44 bits per heavy atom. The SMILES string of the molecule is Cc1cc2c(cc1C)[n+](Cc1ccccc1Br)cn2CC(=O)N1CCC2(C)c3ccccc3N(Cc3ccccc3)C12.[Br-]. The molecule has 0 radical (unpaired) electrons. The molecule has 7 rings (SSSR count). The Labute approximate surface area is 272 Å². The molecule has 220 valence electrons. The molecule has 2 atom stereocenters. The zero-order valence-electron chi connectivity index (χ0n) is 24.8. The highest BCUT2D eigenvalue weighted by Crippen LogP contribution is 2.52. The maximum atomic E-state index is 14.3. The Kier molecular flexibility index (Phi) is 7.99. The van der Waals surface area contributed by atoms with Gasteiger partial charge in [-0.25, -0.2) is 9.13 Å². The Balaban J connectivity index is 0.00000329. The monoisotopic (exact) mass is 698 g/mol. The van der Waals surface area contributed by atoms with Crippen LogP contribution in [0.4, 0.5) is 5.69 Å². The van der Waals surface area contributed by atoms with Crippen LogP contribution in [0.2, 0.25) is 0 Å². The quantitative estimate of drug-likeness (QED) is 0.252. The van der Waals surface area contributed by atoms with Crippen molar-refractivity contribution in [3.8, 4) is 0 Å². The smallest absolute Gasteiger partial charge is 0.266 e. The summed E-state index contributed by atoms with van der Waals surface area (Å²) in [6.45, 7) is 9.22. The first-order valence-corrected chi connectivity index (χ1v) is 15.6. The molecule has 1 aromatic heterocycles. The van der Waals surface area contributed by atoms with Crippen LogP contribution in [0, 0.1) is 13.8 Å². The minimum atomic E-state index is -0.104. The number of para-hydroxylation sites is 1. The van der Waals surface area contributed by atoms with E-state index < -0.39 is 0 Å². The summed E-state index contributed by atoms with van der Waals surface area (Å²) in [6, 6.07) is 32.2. The fourth-order valence-corrected chi connectivity index (χ4v) is 7.53. The third-order valence-corrected chi connectivity index (χ3v) is 10.2. The van der Waals surface area contributed by atoms with Crippen LogP contribution in [0.3, 0.4) is 0 Å². The number of fused-ring (bicyclic) bond motifs is 4. The van der Waals surface area contributed by atoms with E-state index in [0.29, 0.717) is 6.54 Å². The van der Waals surface area contributed by atoms with Gasteiger partial charge in [0, 0.05) is 34.2 Å². The summed E-state index contributed by atoms with van der Waals surface area (Å²) in [4.78, 5) is 18.9. The summed E-state index contributed by atoms with van der Waals surface area (Å²) in [5.74, 6) is 0.165. The van der Waals surface area contributed by atoms with Crippen molar-refractivity contribution >= 4 is 38.6 Å². The number of aryl methyl sites for hydroxylation is 2. The fourth-order valence-electron chi connectivity index (χ4n) is 7.12. The molecule has 0 N–H and O–H groups in total. The van der Waals surface area contributed by atoms with Gasteiger partial charge >= 0.3 is 0 Å². The van der Waals surface area contributed by atoms with E-state index in [1.165, 1.54) is 33.5 Å². The molecule has 0 saturated carbocycles. The molecule has 1 fully saturated rings. The molecule has 2 aliphatic heterocycles. The number of aromatic nitrogens is 2. The largest absolute Gasteiger partial charge is 1.00 e. The number of rotatable bonds is 6. The van der Waals surface area contributed by atoms with Crippen molar-refractivity contribution in [2.45, 2.75) is 58.4 Å². The van der Waals surface area contributed by atoms with Crippen molar-refractivity contribution in [2.24, 2.45) is 0 Å². The summed E-state index contributed by atoms with van der Waals surface area (Å²) < 4.78 is 5.52. The number of halogens is 2. The van der Waals surface area contributed by atoms with Crippen LogP contribution in [-0.4, -0.2) is 28.1 Å². The average molecular weight is 701 g/mol. The van der Waals surface area contributed by atoms with Crippen molar-refractivity contribution in [1.82, 2.24) is 9.47 Å². The lowest BCUT2D eigenvalue weighted by molar-refractivity contribution is -0.663. The van der Waals surface area contributed by atoms with E-state index in [1.807, 2.05) is 6.07 Å². The second kappa shape index (κ2) is 11.6. The molecule has 1 amide bonds. The van der Waals surface area contributed by atoms with Gasteiger partial charge in [0.1, 0.15) is 12.7 Å². The summed E-state index contributed by atoms with van der Waals surface area (Å²) in [6.07, 6.45) is 3.07. The van der Waals surface area contributed by atoms with E-state index >= 15 is 0 Å². The number of likely N-dealkylation sites (tertiary alicyclic amines) is 1. The van der Waals surface area contributed by atoms with Gasteiger partial charge in [-0.2, -0.15) is 0 Å². The number of benzene rings is 4. The van der Waals surface area contributed by atoms with Crippen LogP contribution in [0.5, 0.6) is 0 Å². The third kappa shape index (κ3) is 5.10. The molecule has 4 aromatic carbocycles. The van der Waals surface area contributed by atoms with Gasteiger partial charge in [-0.15, -0.1) is 0 Å². The van der Waals surface area contributed by atoms with Gasteiger partial charge in [0.25, 0.3) is 5.91 Å². The number of nitrogens with zero attached hydrogens (tertiary/aromatic N) is 4. The minimum absolute atomic E-state index is 0. The second-order valence-corrected chi connectivity index (χ2v) is 13.0. The van der Waals surface area contributed by atoms with Crippen LogP contribution >= 0.6 is 15.9 Å². The summed E-state index contributed by atoms with van der Waals surface area (Å²) in [5, 5.41) is 0. The topological polar surface area (TPSA) is 32.4 Å². The van der Waals surface area contributed by atoms with Gasteiger partial charge in [-0.1, -0.05) is 89.6 Å². The molecule has 0 bridgehead atoms. The van der Waals surface area contributed by atoms with Crippen molar-refractivity contribution < 1.29 is 26.3 Å². The lowest BCUT2D eigenvalue weighted by atomic mass is 9.81. The summed E-state index contributed by atoms with van der Waals surface area (Å²) >= 11 is 3.72. The highest BCUT2D eigenvalue weighted by molar-refractivity contribution is 9.10. The van der Waals surface area contributed by atoms with E-state index in [1.54, 1.807) is 0 Å². The molecule has 43 heavy (non-hydrogen) atoms. The van der Waals surface area contributed by atoms with E-state index in [9.17, 15) is 4.79 Å². The number of hydrogen-bond acceptors (Lipinski definition) is 2. The van der Waals surface area contributed by atoms with E-state index in [0.717, 1.165) is 41.6 Å². The molecule has 0 aliphatic carbocycles. The number of imidazole rings is 1. The Morgan fingerprint density at radius 2 is 1.65 bits per heavy atom. The van der Waals surface area contributed by atoms with Crippen LogP contribution < -0.4 is 26.4 Å². The standard InChI is InChI=1S/C36H36BrN4O.BrH/c1-25-19-32-33(20-26(25)2)39(24-38(32)22-28-13-7-9-15-30(28)37)23-34(42)40-18-17-36(3)29-14-8-10-16-31(29)41(35(36)40)21-27-11-5-4-6-12-27;/h4-16,19-20,24,35H,17-18,21-23H2,1-3H3;1H/q+1;/p-1. The van der Waals surface area contributed by atoms with Crippen molar-refractivity contribution in [3.05, 3.63) is 130 Å². The first-order valence-electron chi connectivity index (χ1n) is 14.8. The minimum Gasteiger partial charge on any atom is -1.00 e. The molecular weight excluding hydrogens is 664 g/mol. The van der Waals surface area contributed by atoms with Crippen molar-refractivity contribution in [3.63, 3.8) is 0 Å².